The lowest BCUT2D eigenvalue weighted by Gasteiger charge is -2.07. The number of hydrogen-bond donors (Lipinski definition) is 2. The van der Waals surface area contributed by atoms with E-state index in [2.05, 4.69) is 5.32 Å². The van der Waals surface area contributed by atoms with Gasteiger partial charge in [0.25, 0.3) is 5.91 Å². The standard InChI is InChI=1S/C10H10Cl2N2O/c11-5-2-1-3-6(12)9(5)10(15)14-8-4-7(8)13/h1-3,7-8H,4,13H2,(H,14,15). The lowest BCUT2D eigenvalue weighted by molar-refractivity contribution is 0.0950. The Balaban J connectivity index is 2.17. The van der Waals surface area contributed by atoms with Crippen LogP contribution in [0.2, 0.25) is 10.0 Å². The normalized spacial score (nSPS) is 23.7. The number of nitrogens with one attached hydrogen (secondary N) is 1. The molecule has 0 bridgehead atoms. The van der Waals surface area contributed by atoms with Crippen LogP contribution in [0.1, 0.15) is 16.8 Å². The zero-order valence-electron chi connectivity index (χ0n) is 7.84. The molecular weight excluding hydrogens is 235 g/mol. The van der Waals surface area contributed by atoms with Crippen LogP contribution in [0.25, 0.3) is 0 Å². The SMILES string of the molecule is NC1CC1NC(=O)c1c(Cl)cccc1Cl. The molecule has 0 radical (unpaired) electrons. The number of hydrogen-bond acceptors (Lipinski definition) is 2. The number of nitrogens with two attached hydrogens (primary N) is 1. The number of amides is 1. The fourth-order valence-electron chi connectivity index (χ4n) is 1.34. The second kappa shape index (κ2) is 4.00. The van der Waals surface area contributed by atoms with Crippen molar-refractivity contribution in [2.75, 3.05) is 0 Å². The van der Waals surface area contributed by atoms with E-state index in [1.54, 1.807) is 18.2 Å². The van der Waals surface area contributed by atoms with Gasteiger partial charge in [-0.15, -0.1) is 0 Å². The topological polar surface area (TPSA) is 55.1 Å². The highest BCUT2D eigenvalue weighted by Crippen LogP contribution is 2.26. The van der Waals surface area contributed by atoms with Gasteiger partial charge in [-0.2, -0.15) is 0 Å². The van der Waals surface area contributed by atoms with Gasteiger partial charge < -0.3 is 11.1 Å². The molecule has 2 atom stereocenters. The van der Waals surface area contributed by atoms with Crippen LogP contribution in [-0.4, -0.2) is 18.0 Å². The molecule has 0 aromatic heterocycles. The summed E-state index contributed by atoms with van der Waals surface area (Å²) in [6.45, 7) is 0. The molecule has 80 valence electrons. The van der Waals surface area contributed by atoms with Gasteiger partial charge in [0.2, 0.25) is 0 Å². The van der Waals surface area contributed by atoms with E-state index in [1.165, 1.54) is 0 Å². The van der Waals surface area contributed by atoms with E-state index in [0.717, 1.165) is 6.42 Å². The Morgan fingerprint density at radius 1 is 1.40 bits per heavy atom. The van der Waals surface area contributed by atoms with Crippen molar-refractivity contribution in [3.63, 3.8) is 0 Å². The van der Waals surface area contributed by atoms with Gasteiger partial charge >= 0.3 is 0 Å². The molecule has 0 spiro atoms. The maximum atomic E-state index is 11.7. The highest BCUT2D eigenvalue weighted by molar-refractivity contribution is 6.39. The first-order valence-corrected chi connectivity index (χ1v) is 5.35. The van der Waals surface area contributed by atoms with E-state index >= 15 is 0 Å². The molecule has 5 heteroatoms. The van der Waals surface area contributed by atoms with Crippen molar-refractivity contribution in [1.82, 2.24) is 5.32 Å². The van der Waals surface area contributed by atoms with Gasteiger partial charge in [0, 0.05) is 12.1 Å². The molecule has 0 aliphatic heterocycles. The molecule has 3 N–H and O–H groups in total. The monoisotopic (exact) mass is 244 g/mol. The molecule has 3 nitrogen and oxygen atoms in total. The molecule has 2 rings (SSSR count). The van der Waals surface area contributed by atoms with Crippen molar-refractivity contribution in [2.24, 2.45) is 5.73 Å². The first-order valence-electron chi connectivity index (χ1n) is 4.60. The largest absolute Gasteiger partial charge is 0.348 e. The van der Waals surface area contributed by atoms with Crippen LogP contribution >= 0.6 is 23.2 Å². The summed E-state index contributed by atoms with van der Waals surface area (Å²) in [4.78, 5) is 11.7. The molecule has 1 aromatic carbocycles. The fourth-order valence-corrected chi connectivity index (χ4v) is 1.90. The molecule has 2 unspecified atom stereocenters. The zero-order chi connectivity index (χ0) is 11.0. The summed E-state index contributed by atoms with van der Waals surface area (Å²) in [7, 11) is 0. The van der Waals surface area contributed by atoms with Crippen molar-refractivity contribution in [2.45, 2.75) is 18.5 Å². The summed E-state index contributed by atoms with van der Waals surface area (Å²) < 4.78 is 0. The minimum atomic E-state index is -0.261. The lowest BCUT2D eigenvalue weighted by atomic mass is 10.2. The van der Waals surface area contributed by atoms with Crippen LogP contribution in [0, 0.1) is 0 Å². The lowest BCUT2D eigenvalue weighted by Crippen LogP contribution is -2.30. The Labute approximate surface area is 97.5 Å². The molecule has 15 heavy (non-hydrogen) atoms. The first kappa shape index (κ1) is 10.7. The van der Waals surface area contributed by atoms with Crippen molar-refractivity contribution < 1.29 is 4.79 Å². The van der Waals surface area contributed by atoms with Crippen molar-refractivity contribution in [3.8, 4) is 0 Å². The quantitative estimate of drug-likeness (QED) is 0.834. The Hall–Kier alpha value is -0.770. The van der Waals surface area contributed by atoms with Crippen LogP contribution < -0.4 is 11.1 Å². The highest BCUT2D eigenvalue weighted by atomic mass is 35.5. The number of halogens is 2. The van der Waals surface area contributed by atoms with Gasteiger partial charge in [0.15, 0.2) is 0 Å². The average molecular weight is 245 g/mol. The highest BCUT2D eigenvalue weighted by Gasteiger charge is 2.35. The van der Waals surface area contributed by atoms with E-state index in [4.69, 9.17) is 28.9 Å². The number of benzene rings is 1. The summed E-state index contributed by atoms with van der Waals surface area (Å²) in [6.07, 6.45) is 0.813. The molecule has 0 saturated heterocycles. The third-order valence-corrected chi connectivity index (χ3v) is 2.98. The van der Waals surface area contributed by atoms with Crippen molar-refractivity contribution in [3.05, 3.63) is 33.8 Å². The van der Waals surface area contributed by atoms with Gasteiger partial charge in [-0.05, 0) is 18.6 Å². The Morgan fingerprint density at radius 2 is 1.93 bits per heavy atom. The number of carbonyl (C=O) groups is 1. The molecule has 1 aromatic rings. The predicted octanol–water partition coefficient (Wildman–Crippen LogP) is 1.82. The van der Waals surface area contributed by atoms with Crippen LogP contribution in [0.5, 0.6) is 0 Å². The predicted molar refractivity (Wildman–Crippen MR) is 60.3 cm³/mol. The minimum Gasteiger partial charge on any atom is -0.348 e. The van der Waals surface area contributed by atoms with Crippen LogP contribution in [0.3, 0.4) is 0 Å². The van der Waals surface area contributed by atoms with Crippen LogP contribution in [-0.2, 0) is 0 Å². The first-order chi connectivity index (χ1) is 7.09. The van der Waals surface area contributed by atoms with Gasteiger partial charge in [-0.3, -0.25) is 4.79 Å². The summed E-state index contributed by atoms with van der Waals surface area (Å²) in [5.41, 5.74) is 5.91. The molecular formula is C10H10Cl2N2O. The number of carbonyl (C=O) groups excluding carboxylic acids is 1. The smallest absolute Gasteiger partial charge is 0.254 e. The van der Waals surface area contributed by atoms with Crippen molar-refractivity contribution >= 4 is 29.1 Å². The van der Waals surface area contributed by atoms with Crippen LogP contribution in [0.15, 0.2) is 18.2 Å². The molecule has 1 amide bonds. The maximum Gasteiger partial charge on any atom is 0.254 e. The Morgan fingerprint density at radius 3 is 2.40 bits per heavy atom. The van der Waals surface area contributed by atoms with Gasteiger partial charge in [-0.1, -0.05) is 29.3 Å². The van der Waals surface area contributed by atoms with E-state index < -0.39 is 0 Å². The van der Waals surface area contributed by atoms with E-state index in [9.17, 15) is 4.79 Å². The average Bonchev–Trinajstić information content (AvgIpc) is 2.81. The summed E-state index contributed by atoms with van der Waals surface area (Å²) >= 11 is 11.8. The fraction of sp³-hybridized carbons (Fsp3) is 0.300. The Bertz CT molecular complexity index is 388. The molecule has 1 saturated carbocycles. The minimum absolute atomic E-state index is 0.0600. The van der Waals surface area contributed by atoms with Crippen LogP contribution in [0.4, 0.5) is 0 Å². The third kappa shape index (κ3) is 2.25. The van der Waals surface area contributed by atoms with Crippen molar-refractivity contribution in [1.29, 1.82) is 0 Å². The molecule has 0 heterocycles. The molecule has 1 aliphatic carbocycles. The van der Waals surface area contributed by atoms with E-state index in [-0.39, 0.29) is 18.0 Å². The summed E-state index contributed by atoms with van der Waals surface area (Å²) in [5.74, 6) is -0.261. The number of rotatable bonds is 2. The van der Waals surface area contributed by atoms with Gasteiger partial charge in [0.05, 0.1) is 15.6 Å². The Kier molecular flexibility index (Phi) is 2.87. The van der Waals surface area contributed by atoms with E-state index in [1.807, 2.05) is 0 Å². The molecule has 1 fully saturated rings. The third-order valence-electron chi connectivity index (χ3n) is 2.35. The maximum absolute atomic E-state index is 11.7. The summed E-state index contributed by atoms with van der Waals surface area (Å²) in [6, 6.07) is 5.09. The second-order valence-corrected chi connectivity index (χ2v) is 4.39. The van der Waals surface area contributed by atoms with Gasteiger partial charge in [-0.25, -0.2) is 0 Å². The van der Waals surface area contributed by atoms with E-state index in [0.29, 0.717) is 15.6 Å². The van der Waals surface area contributed by atoms with Gasteiger partial charge in [0.1, 0.15) is 0 Å². The second-order valence-electron chi connectivity index (χ2n) is 3.58. The molecule has 1 aliphatic rings. The summed E-state index contributed by atoms with van der Waals surface area (Å²) in [5, 5.41) is 3.48. The zero-order valence-corrected chi connectivity index (χ0v) is 9.35.